The third kappa shape index (κ3) is 4.29. The summed E-state index contributed by atoms with van der Waals surface area (Å²) in [7, 11) is 0. The number of fused-ring (bicyclic) bond motifs is 1. The largest absolute Gasteiger partial charge is 0.489 e. The molecule has 0 radical (unpaired) electrons. The van der Waals surface area contributed by atoms with Crippen LogP contribution in [0.25, 0.3) is 11.0 Å². The molecule has 25 heavy (non-hydrogen) atoms. The Hall–Kier alpha value is -2.57. The number of H-pyrrole nitrogens is 2. The van der Waals surface area contributed by atoms with E-state index in [4.69, 9.17) is 4.74 Å². The first-order valence-electron chi connectivity index (χ1n) is 8.47. The van der Waals surface area contributed by atoms with Crippen LogP contribution in [0.15, 0.2) is 53.3 Å². The number of rotatable bonds is 8. The average molecular weight is 341 g/mol. The molecule has 1 aromatic heterocycles. The fraction of sp³-hybridized carbons (Fsp3) is 0.316. The summed E-state index contributed by atoms with van der Waals surface area (Å²) < 4.78 is 5.69. The lowest BCUT2D eigenvalue weighted by Crippen LogP contribution is -2.33. The molecule has 6 heteroatoms. The summed E-state index contributed by atoms with van der Waals surface area (Å²) in [6, 6.07) is 15.7. The average Bonchev–Trinajstić information content (AvgIpc) is 3.02. The molecule has 2 atom stereocenters. The molecule has 6 nitrogen and oxygen atoms in total. The van der Waals surface area contributed by atoms with E-state index in [0.717, 1.165) is 6.42 Å². The zero-order chi connectivity index (χ0) is 17.6. The maximum absolute atomic E-state index is 11.4. The molecule has 0 fully saturated rings. The Labute approximate surface area is 145 Å². The molecule has 0 spiro atoms. The molecule has 0 aliphatic heterocycles. The summed E-state index contributed by atoms with van der Waals surface area (Å²) in [5.74, 6) is 0.546. The molecular formula is C19H23N3O3. The molecule has 0 saturated carbocycles. The molecule has 0 aliphatic carbocycles. The fourth-order valence-electron chi connectivity index (χ4n) is 2.86. The van der Waals surface area contributed by atoms with Crippen molar-refractivity contribution in [2.24, 2.45) is 0 Å². The first-order valence-corrected chi connectivity index (χ1v) is 8.47. The summed E-state index contributed by atoms with van der Waals surface area (Å²) in [5, 5.41) is 13.6. The number of hydrogen-bond acceptors (Lipinski definition) is 4. The van der Waals surface area contributed by atoms with Crippen LogP contribution in [0.2, 0.25) is 0 Å². The van der Waals surface area contributed by atoms with Gasteiger partial charge in [-0.3, -0.25) is 0 Å². The van der Waals surface area contributed by atoms with Gasteiger partial charge in [0.05, 0.1) is 5.52 Å². The van der Waals surface area contributed by atoms with E-state index in [0.29, 0.717) is 23.3 Å². The second-order valence-corrected chi connectivity index (χ2v) is 6.00. The molecule has 0 aliphatic rings. The Morgan fingerprint density at radius 2 is 1.92 bits per heavy atom. The smallest absolute Gasteiger partial charge is 0.323 e. The van der Waals surface area contributed by atoms with Gasteiger partial charge < -0.3 is 25.1 Å². The number of hydrogen-bond donors (Lipinski definition) is 4. The topological polar surface area (TPSA) is 90.1 Å². The van der Waals surface area contributed by atoms with Gasteiger partial charge in [-0.2, -0.15) is 0 Å². The number of ether oxygens (including phenoxy) is 1. The number of nitrogens with one attached hydrogen (secondary N) is 3. The van der Waals surface area contributed by atoms with Gasteiger partial charge in [-0.15, -0.1) is 0 Å². The number of benzene rings is 2. The first kappa shape index (κ1) is 17.3. The number of imidazole rings is 1. The second kappa shape index (κ2) is 8.00. The van der Waals surface area contributed by atoms with Gasteiger partial charge in [0.25, 0.3) is 0 Å². The lowest BCUT2D eigenvalue weighted by molar-refractivity contribution is 0.104. The summed E-state index contributed by atoms with van der Waals surface area (Å²) in [5.41, 5.74) is 2.23. The molecule has 0 saturated heterocycles. The summed E-state index contributed by atoms with van der Waals surface area (Å²) in [4.78, 5) is 16.8. The van der Waals surface area contributed by atoms with E-state index in [-0.39, 0.29) is 18.3 Å². The van der Waals surface area contributed by atoms with E-state index >= 15 is 0 Å². The van der Waals surface area contributed by atoms with Crippen LogP contribution in [0, 0.1) is 0 Å². The molecule has 1 heterocycles. The number of aromatic nitrogens is 2. The highest BCUT2D eigenvalue weighted by Crippen LogP contribution is 2.21. The van der Waals surface area contributed by atoms with Crippen LogP contribution in [-0.4, -0.2) is 34.3 Å². The van der Waals surface area contributed by atoms with Crippen molar-refractivity contribution in [2.45, 2.75) is 25.5 Å². The molecular weight excluding hydrogens is 318 g/mol. The van der Waals surface area contributed by atoms with Gasteiger partial charge in [0.1, 0.15) is 24.0 Å². The zero-order valence-corrected chi connectivity index (χ0v) is 14.2. The van der Waals surface area contributed by atoms with Gasteiger partial charge in [-0.1, -0.05) is 43.3 Å². The van der Waals surface area contributed by atoms with Crippen molar-refractivity contribution in [3.8, 4) is 5.75 Å². The third-order valence-corrected chi connectivity index (χ3v) is 4.15. The zero-order valence-electron chi connectivity index (χ0n) is 14.2. The lowest BCUT2D eigenvalue weighted by Gasteiger charge is -2.20. The van der Waals surface area contributed by atoms with Crippen molar-refractivity contribution in [2.75, 3.05) is 13.2 Å². The number of para-hydroxylation sites is 1. The monoisotopic (exact) mass is 341 g/mol. The Kier molecular flexibility index (Phi) is 5.53. The van der Waals surface area contributed by atoms with Crippen molar-refractivity contribution < 1.29 is 9.84 Å². The highest BCUT2D eigenvalue weighted by atomic mass is 16.5. The summed E-state index contributed by atoms with van der Waals surface area (Å²) in [6.07, 6.45) is 0.278. The standard InChI is InChI=1S/C19H23N3O3/c1-2-15(13-7-4-3-5-8-13)20-11-14(23)12-25-17-10-6-9-16-18(17)22-19(24)21-16/h3-10,14-15,20,23H,2,11-12H2,1H3,(H2,21,22,24). The van der Waals surface area contributed by atoms with Crippen molar-refractivity contribution in [3.05, 3.63) is 64.6 Å². The normalized spacial score (nSPS) is 13.7. The summed E-state index contributed by atoms with van der Waals surface area (Å²) in [6.45, 7) is 2.67. The van der Waals surface area contributed by atoms with Gasteiger partial charge >= 0.3 is 5.69 Å². The molecule has 3 rings (SSSR count). The van der Waals surface area contributed by atoms with Crippen molar-refractivity contribution in [1.29, 1.82) is 0 Å². The van der Waals surface area contributed by atoms with E-state index in [2.05, 4.69) is 34.3 Å². The van der Waals surface area contributed by atoms with Crippen LogP contribution >= 0.6 is 0 Å². The predicted molar refractivity (Wildman–Crippen MR) is 97.9 cm³/mol. The Morgan fingerprint density at radius 1 is 1.12 bits per heavy atom. The lowest BCUT2D eigenvalue weighted by atomic mass is 10.0. The van der Waals surface area contributed by atoms with Crippen LogP contribution in [0.4, 0.5) is 0 Å². The molecule has 2 aromatic carbocycles. The Bertz CT molecular complexity index is 857. The minimum Gasteiger partial charge on any atom is -0.489 e. The SMILES string of the molecule is CCC(NCC(O)COc1cccc2[nH]c(=O)[nH]c12)c1ccccc1. The van der Waals surface area contributed by atoms with Crippen molar-refractivity contribution in [3.63, 3.8) is 0 Å². The fourth-order valence-corrected chi connectivity index (χ4v) is 2.86. The van der Waals surface area contributed by atoms with Crippen LogP contribution in [-0.2, 0) is 0 Å². The van der Waals surface area contributed by atoms with Gasteiger partial charge in [-0.25, -0.2) is 4.79 Å². The molecule has 0 amide bonds. The quantitative estimate of drug-likeness (QED) is 0.506. The number of aliphatic hydroxyl groups is 1. The number of aromatic amines is 2. The number of aliphatic hydroxyl groups excluding tert-OH is 1. The maximum Gasteiger partial charge on any atom is 0.323 e. The first-order chi connectivity index (χ1) is 12.2. The van der Waals surface area contributed by atoms with Gasteiger partial charge in [-0.05, 0) is 24.1 Å². The molecule has 3 aromatic rings. The van der Waals surface area contributed by atoms with Crippen LogP contribution in [0.3, 0.4) is 0 Å². The highest BCUT2D eigenvalue weighted by molar-refractivity contribution is 5.80. The van der Waals surface area contributed by atoms with E-state index in [1.165, 1.54) is 5.56 Å². The van der Waals surface area contributed by atoms with Crippen molar-refractivity contribution in [1.82, 2.24) is 15.3 Å². The van der Waals surface area contributed by atoms with Crippen LogP contribution in [0.5, 0.6) is 5.75 Å². The van der Waals surface area contributed by atoms with E-state index < -0.39 is 6.10 Å². The minimum absolute atomic E-state index is 0.143. The molecule has 2 unspecified atom stereocenters. The van der Waals surface area contributed by atoms with E-state index in [9.17, 15) is 9.90 Å². The molecule has 0 bridgehead atoms. The molecule has 132 valence electrons. The van der Waals surface area contributed by atoms with Crippen LogP contribution < -0.4 is 15.7 Å². The van der Waals surface area contributed by atoms with Gasteiger partial charge in [0.2, 0.25) is 0 Å². The van der Waals surface area contributed by atoms with E-state index in [1.54, 1.807) is 18.2 Å². The van der Waals surface area contributed by atoms with E-state index in [1.807, 2.05) is 18.2 Å². The maximum atomic E-state index is 11.4. The van der Waals surface area contributed by atoms with Crippen LogP contribution in [0.1, 0.15) is 24.9 Å². The Morgan fingerprint density at radius 3 is 2.68 bits per heavy atom. The molecule has 4 N–H and O–H groups in total. The predicted octanol–water partition coefficient (Wildman–Crippen LogP) is 2.34. The van der Waals surface area contributed by atoms with Crippen molar-refractivity contribution >= 4 is 11.0 Å². The van der Waals surface area contributed by atoms with Gasteiger partial charge in [0, 0.05) is 12.6 Å². The second-order valence-electron chi connectivity index (χ2n) is 6.00. The minimum atomic E-state index is -0.654. The third-order valence-electron chi connectivity index (χ3n) is 4.15. The van der Waals surface area contributed by atoms with Gasteiger partial charge in [0.15, 0.2) is 0 Å². The highest BCUT2D eigenvalue weighted by Gasteiger charge is 2.13. The Balaban J connectivity index is 1.55. The summed E-state index contributed by atoms with van der Waals surface area (Å²) >= 11 is 0.